The largest absolute Gasteiger partial charge is 0.416 e. The Labute approximate surface area is 137 Å². The number of nitrogens with one attached hydrogen (secondary N) is 1. The fraction of sp³-hybridized carbons (Fsp3) is 0.500. The van der Waals surface area contributed by atoms with Crippen LogP contribution in [-0.2, 0) is 20.9 Å². The number of rotatable bonds is 5. The van der Waals surface area contributed by atoms with Crippen molar-refractivity contribution in [2.45, 2.75) is 6.18 Å². The predicted molar refractivity (Wildman–Crippen MR) is 80.0 cm³/mol. The van der Waals surface area contributed by atoms with E-state index in [4.69, 9.17) is 4.74 Å². The van der Waals surface area contributed by atoms with Crippen molar-refractivity contribution in [1.82, 2.24) is 9.62 Å². The van der Waals surface area contributed by atoms with Crippen molar-refractivity contribution < 1.29 is 31.1 Å². The Morgan fingerprint density at radius 3 is 2.29 bits per heavy atom. The van der Waals surface area contributed by atoms with Gasteiger partial charge in [0.1, 0.15) is 0 Å². The summed E-state index contributed by atoms with van der Waals surface area (Å²) in [4.78, 5) is 11.8. The van der Waals surface area contributed by atoms with Crippen molar-refractivity contribution in [3.63, 3.8) is 0 Å². The maximum Gasteiger partial charge on any atom is 0.416 e. The van der Waals surface area contributed by atoms with E-state index >= 15 is 0 Å². The molecule has 2 rings (SSSR count). The van der Waals surface area contributed by atoms with Crippen LogP contribution in [0.25, 0.3) is 0 Å². The van der Waals surface area contributed by atoms with Gasteiger partial charge in [-0.25, -0.2) is 8.42 Å². The molecule has 6 nitrogen and oxygen atoms in total. The van der Waals surface area contributed by atoms with Gasteiger partial charge >= 0.3 is 6.18 Å². The van der Waals surface area contributed by atoms with Crippen molar-refractivity contribution in [2.75, 3.05) is 38.6 Å². The smallest absolute Gasteiger partial charge is 0.379 e. The molecule has 0 aromatic heterocycles. The van der Waals surface area contributed by atoms with E-state index in [9.17, 15) is 26.4 Å². The molecule has 0 radical (unpaired) electrons. The van der Waals surface area contributed by atoms with E-state index < -0.39 is 27.7 Å². The maximum atomic E-state index is 12.5. The van der Waals surface area contributed by atoms with Crippen molar-refractivity contribution in [3.8, 4) is 0 Å². The number of alkyl halides is 3. The lowest BCUT2D eigenvalue weighted by molar-refractivity contribution is -0.137. The molecular formula is C14H17F3N2O4S. The minimum atomic E-state index is -4.47. The molecule has 1 fully saturated rings. The van der Waals surface area contributed by atoms with E-state index in [1.165, 1.54) is 4.31 Å². The number of sulfonamides is 1. The minimum absolute atomic E-state index is 0.0340. The highest BCUT2D eigenvalue weighted by atomic mass is 32.2. The molecule has 134 valence electrons. The molecular weight excluding hydrogens is 349 g/mol. The first-order valence-corrected chi connectivity index (χ1v) is 8.82. The molecule has 1 heterocycles. The Morgan fingerprint density at radius 1 is 1.17 bits per heavy atom. The molecule has 0 spiro atoms. The van der Waals surface area contributed by atoms with E-state index in [1.807, 2.05) is 0 Å². The van der Waals surface area contributed by atoms with Crippen LogP contribution in [0.5, 0.6) is 0 Å². The van der Waals surface area contributed by atoms with Gasteiger partial charge < -0.3 is 10.1 Å². The van der Waals surface area contributed by atoms with Gasteiger partial charge in [-0.3, -0.25) is 4.79 Å². The second kappa shape index (κ2) is 7.49. The van der Waals surface area contributed by atoms with Crippen LogP contribution in [0.1, 0.15) is 15.9 Å². The van der Waals surface area contributed by atoms with Crippen LogP contribution >= 0.6 is 0 Å². The summed E-state index contributed by atoms with van der Waals surface area (Å²) < 4.78 is 67.8. The third-order valence-corrected chi connectivity index (χ3v) is 5.36. The summed E-state index contributed by atoms with van der Waals surface area (Å²) in [5.74, 6) is -0.903. The molecule has 0 unspecified atom stereocenters. The van der Waals surface area contributed by atoms with Crippen LogP contribution in [0.3, 0.4) is 0 Å². The Bertz CT molecular complexity index is 668. The first-order chi connectivity index (χ1) is 11.2. The number of nitrogens with zero attached hydrogens (tertiary/aromatic N) is 1. The second-order valence-corrected chi connectivity index (χ2v) is 7.25. The third-order valence-electron chi connectivity index (χ3n) is 3.48. The molecule has 10 heteroatoms. The summed E-state index contributed by atoms with van der Waals surface area (Å²) in [6.07, 6.45) is -4.47. The highest BCUT2D eigenvalue weighted by Crippen LogP contribution is 2.29. The van der Waals surface area contributed by atoms with Crippen molar-refractivity contribution in [1.29, 1.82) is 0 Å². The number of carbonyl (C=O) groups excluding carboxylic acids is 1. The second-order valence-electron chi connectivity index (χ2n) is 5.16. The number of ether oxygens (including phenoxy) is 1. The monoisotopic (exact) mass is 366 g/mol. The summed E-state index contributed by atoms with van der Waals surface area (Å²) in [7, 11) is -3.50. The molecule has 1 aromatic carbocycles. The lowest BCUT2D eigenvalue weighted by atomic mass is 10.1. The lowest BCUT2D eigenvalue weighted by Crippen LogP contribution is -2.43. The fourth-order valence-corrected chi connectivity index (χ4v) is 3.48. The highest BCUT2D eigenvalue weighted by molar-refractivity contribution is 7.89. The Balaban J connectivity index is 1.86. The zero-order chi connectivity index (χ0) is 17.8. The van der Waals surface area contributed by atoms with Crippen molar-refractivity contribution in [2.24, 2.45) is 0 Å². The minimum Gasteiger partial charge on any atom is -0.379 e. The van der Waals surface area contributed by atoms with Crippen LogP contribution in [0.15, 0.2) is 24.3 Å². The lowest BCUT2D eigenvalue weighted by Gasteiger charge is -2.26. The summed E-state index contributed by atoms with van der Waals surface area (Å²) in [5, 5.41) is 2.40. The van der Waals surface area contributed by atoms with E-state index in [0.717, 1.165) is 24.3 Å². The fourth-order valence-electron chi connectivity index (χ4n) is 2.16. The van der Waals surface area contributed by atoms with Gasteiger partial charge in [0, 0.05) is 25.2 Å². The zero-order valence-corrected chi connectivity index (χ0v) is 13.5. The first-order valence-electron chi connectivity index (χ1n) is 7.21. The van der Waals surface area contributed by atoms with Gasteiger partial charge in [0.15, 0.2) is 0 Å². The SMILES string of the molecule is O=C(NCCS(=O)(=O)N1CCOCC1)c1ccc(C(F)(F)F)cc1. The quantitative estimate of drug-likeness (QED) is 0.847. The number of morpholine rings is 1. The number of hydrogen-bond donors (Lipinski definition) is 1. The number of carbonyl (C=O) groups is 1. The van der Waals surface area contributed by atoms with Gasteiger partial charge in [0.05, 0.1) is 24.5 Å². The molecule has 1 aliphatic heterocycles. The van der Waals surface area contributed by atoms with Crippen LogP contribution < -0.4 is 5.32 Å². The maximum absolute atomic E-state index is 12.5. The van der Waals surface area contributed by atoms with E-state index in [0.29, 0.717) is 13.2 Å². The number of benzene rings is 1. The van der Waals surface area contributed by atoms with Crippen LogP contribution in [0, 0.1) is 0 Å². The molecule has 0 saturated carbocycles. The summed E-state index contributed by atoms with van der Waals surface area (Å²) in [6, 6.07) is 3.71. The van der Waals surface area contributed by atoms with Gasteiger partial charge in [0.2, 0.25) is 10.0 Å². The van der Waals surface area contributed by atoms with E-state index in [1.54, 1.807) is 0 Å². The van der Waals surface area contributed by atoms with Crippen LogP contribution in [0.2, 0.25) is 0 Å². The molecule has 1 saturated heterocycles. The molecule has 1 N–H and O–H groups in total. The zero-order valence-electron chi connectivity index (χ0n) is 12.7. The number of amides is 1. The molecule has 24 heavy (non-hydrogen) atoms. The van der Waals surface area contributed by atoms with Gasteiger partial charge in [0.25, 0.3) is 5.91 Å². The number of hydrogen-bond acceptors (Lipinski definition) is 4. The van der Waals surface area contributed by atoms with Crippen molar-refractivity contribution in [3.05, 3.63) is 35.4 Å². The average molecular weight is 366 g/mol. The van der Waals surface area contributed by atoms with E-state index in [-0.39, 0.29) is 31.0 Å². The van der Waals surface area contributed by atoms with Crippen LogP contribution in [0.4, 0.5) is 13.2 Å². The molecule has 0 aliphatic carbocycles. The van der Waals surface area contributed by atoms with Crippen molar-refractivity contribution >= 4 is 15.9 Å². The van der Waals surface area contributed by atoms with Crippen LogP contribution in [-0.4, -0.2) is 57.2 Å². The van der Waals surface area contributed by atoms with Gasteiger partial charge in [-0.05, 0) is 24.3 Å². The Kier molecular flexibility index (Phi) is 5.83. The van der Waals surface area contributed by atoms with Gasteiger partial charge in [-0.15, -0.1) is 0 Å². The third kappa shape index (κ3) is 4.92. The van der Waals surface area contributed by atoms with Gasteiger partial charge in [-0.1, -0.05) is 0 Å². The summed E-state index contributed by atoms with van der Waals surface area (Å²) >= 11 is 0. The predicted octanol–water partition coefficient (Wildman–Crippen LogP) is 1.10. The number of halogens is 3. The standard InChI is InChI=1S/C14H17F3N2O4S/c15-14(16,17)12-3-1-11(2-4-12)13(20)18-5-10-24(21,22)19-6-8-23-9-7-19/h1-4H,5-10H2,(H,18,20). The normalized spacial score (nSPS) is 16.8. The average Bonchev–Trinajstić information content (AvgIpc) is 2.55. The molecule has 0 bridgehead atoms. The molecule has 1 aliphatic rings. The molecule has 1 aromatic rings. The Hall–Kier alpha value is -1.65. The van der Waals surface area contributed by atoms with E-state index in [2.05, 4.69) is 5.32 Å². The summed E-state index contributed by atoms with van der Waals surface area (Å²) in [5.41, 5.74) is -0.819. The Morgan fingerprint density at radius 2 is 1.75 bits per heavy atom. The molecule has 1 amide bonds. The summed E-state index contributed by atoms with van der Waals surface area (Å²) in [6.45, 7) is 1.08. The van der Waals surface area contributed by atoms with Gasteiger partial charge in [-0.2, -0.15) is 17.5 Å². The first kappa shape index (κ1) is 18.7. The topological polar surface area (TPSA) is 75.7 Å². The highest BCUT2D eigenvalue weighted by Gasteiger charge is 2.30. The molecule has 0 atom stereocenters.